The number of methoxy groups -OCH3 is 2. The van der Waals surface area contributed by atoms with Crippen LogP contribution in [0.5, 0.6) is 11.5 Å². The number of nitrogens with one attached hydrogen (secondary N) is 1. The highest BCUT2D eigenvalue weighted by Crippen LogP contribution is 2.33. The number of hydrogen-bond acceptors (Lipinski definition) is 5. The van der Waals surface area contributed by atoms with Crippen LogP contribution in [-0.4, -0.2) is 35.1 Å². The number of benzene rings is 2. The van der Waals surface area contributed by atoms with E-state index in [1.165, 1.54) is 30.0 Å². The van der Waals surface area contributed by atoms with Crippen LogP contribution >= 0.6 is 27.5 Å². The van der Waals surface area contributed by atoms with Gasteiger partial charge >= 0.3 is 0 Å². The van der Waals surface area contributed by atoms with Gasteiger partial charge in [0.25, 0.3) is 5.91 Å². The maximum atomic E-state index is 13.4. The van der Waals surface area contributed by atoms with Gasteiger partial charge in [-0.1, -0.05) is 32.7 Å². The lowest BCUT2D eigenvalue weighted by Crippen LogP contribution is -2.24. The molecule has 1 amide bonds. The van der Waals surface area contributed by atoms with E-state index in [0.717, 1.165) is 10.0 Å². The molecule has 0 bridgehead atoms. The molecule has 2 aromatic carbocycles. The number of nitrogens with zero attached hydrogens (tertiary/aromatic N) is 3. The van der Waals surface area contributed by atoms with E-state index in [2.05, 4.69) is 31.6 Å². The number of rotatable bonds is 6. The number of hydrogen-bond donors (Lipinski definition) is 1. The average Bonchev–Trinajstić information content (AvgIpc) is 3.10. The fraction of sp³-hybridized carbons (Fsp3) is 0.211. The lowest BCUT2D eigenvalue weighted by molar-refractivity contribution is 0.0945. The summed E-state index contributed by atoms with van der Waals surface area (Å²) in [5.41, 5.74) is 1.95. The molecule has 29 heavy (non-hydrogen) atoms. The topological polar surface area (TPSA) is 78.3 Å². The Bertz CT molecular complexity index is 1070. The molecular weight excluding hydrogens is 467 g/mol. The van der Waals surface area contributed by atoms with Crippen molar-refractivity contribution >= 4 is 33.4 Å². The molecule has 1 N–H and O–H groups in total. The summed E-state index contributed by atoms with van der Waals surface area (Å²) in [6.45, 7) is 1.92. The SMILES string of the molecule is COc1cc(Br)c(CNC(=O)c2nnn(-c3ccc(F)c(Cl)c3)c2C)cc1OC. The maximum Gasteiger partial charge on any atom is 0.274 e. The van der Waals surface area contributed by atoms with Crippen LogP contribution in [0.2, 0.25) is 5.02 Å². The lowest BCUT2D eigenvalue weighted by Gasteiger charge is -2.12. The zero-order valence-corrected chi connectivity index (χ0v) is 18.1. The van der Waals surface area contributed by atoms with Crippen molar-refractivity contribution in [1.29, 1.82) is 0 Å². The molecule has 0 saturated heterocycles. The van der Waals surface area contributed by atoms with Crippen molar-refractivity contribution in [1.82, 2.24) is 20.3 Å². The van der Waals surface area contributed by atoms with Gasteiger partial charge in [0.2, 0.25) is 0 Å². The van der Waals surface area contributed by atoms with Crippen molar-refractivity contribution in [3.8, 4) is 17.2 Å². The number of carbonyl (C=O) groups is 1. The second-order valence-electron chi connectivity index (χ2n) is 6.01. The van der Waals surface area contributed by atoms with Crippen LogP contribution < -0.4 is 14.8 Å². The first-order valence-corrected chi connectivity index (χ1v) is 9.59. The molecule has 0 aliphatic carbocycles. The number of carbonyl (C=O) groups excluding carboxylic acids is 1. The quantitative estimate of drug-likeness (QED) is 0.572. The Labute approximate surface area is 179 Å². The van der Waals surface area contributed by atoms with Gasteiger partial charge in [-0.15, -0.1) is 5.10 Å². The minimum absolute atomic E-state index is 0.0401. The molecule has 152 valence electrons. The first kappa shape index (κ1) is 21.1. The lowest BCUT2D eigenvalue weighted by atomic mass is 10.2. The van der Waals surface area contributed by atoms with Crippen molar-refractivity contribution < 1.29 is 18.7 Å². The molecule has 1 heterocycles. The first-order valence-electron chi connectivity index (χ1n) is 8.42. The van der Waals surface area contributed by atoms with Gasteiger partial charge in [-0.2, -0.15) is 0 Å². The summed E-state index contributed by atoms with van der Waals surface area (Å²) < 4.78 is 26.1. The third-order valence-corrected chi connectivity index (χ3v) is 5.28. The van der Waals surface area contributed by atoms with Crippen molar-refractivity contribution in [2.24, 2.45) is 0 Å². The van der Waals surface area contributed by atoms with Crippen LogP contribution in [0.25, 0.3) is 5.69 Å². The standard InChI is InChI=1S/C19H17BrClFN4O3/c1-10-18(24-25-26(10)12-4-5-15(22)14(21)7-12)19(27)23-9-11-6-16(28-2)17(29-3)8-13(11)20/h4-8H,9H2,1-3H3,(H,23,27). The third kappa shape index (κ3) is 4.35. The van der Waals surface area contributed by atoms with E-state index in [1.807, 2.05) is 0 Å². The molecule has 0 aliphatic heterocycles. The Kier molecular flexibility index (Phi) is 6.39. The number of aromatic nitrogens is 3. The first-order chi connectivity index (χ1) is 13.8. The summed E-state index contributed by atoms with van der Waals surface area (Å²) in [5.74, 6) is 0.191. The van der Waals surface area contributed by atoms with Gasteiger partial charge in [-0.25, -0.2) is 9.07 Å². The largest absolute Gasteiger partial charge is 0.493 e. The van der Waals surface area contributed by atoms with E-state index in [-0.39, 0.29) is 17.3 Å². The van der Waals surface area contributed by atoms with Crippen LogP contribution in [0, 0.1) is 12.7 Å². The smallest absolute Gasteiger partial charge is 0.274 e. The minimum atomic E-state index is -0.536. The summed E-state index contributed by atoms with van der Waals surface area (Å²) in [6.07, 6.45) is 0. The summed E-state index contributed by atoms with van der Waals surface area (Å²) in [6, 6.07) is 7.69. The van der Waals surface area contributed by atoms with E-state index in [0.29, 0.717) is 22.9 Å². The fourth-order valence-electron chi connectivity index (χ4n) is 2.69. The van der Waals surface area contributed by atoms with Crippen molar-refractivity contribution in [3.63, 3.8) is 0 Å². The molecule has 0 aliphatic rings. The highest BCUT2D eigenvalue weighted by Gasteiger charge is 2.18. The molecule has 0 unspecified atom stereocenters. The van der Waals surface area contributed by atoms with Gasteiger partial charge in [-0.3, -0.25) is 4.79 Å². The molecule has 10 heteroatoms. The second kappa shape index (κ2) is 8.79. The molecular formula is C19H17BrClFN4O3. The van der Waals surface area contributed by atoms with Crippen molar-refractivity contribution in [3.05, 3.63) is 62.6 Å². The summed E-state index contributed by atoms with van der Waals surface area (Å²) in [4.78, 5) is 12.6. The predicted molar refractivity (Wildman–Crippen MR) is 109 cm³/mol. The number of ether oxygens (including phenoxy) is 2. The zero-order chi connectivity index (χ0) is 21.1. The molecule has 0 spiro atoms. The Morgan fingerprint density at radius 2 is 1.93 bits per heavy atom. The molecule has 0 atom stereocenters. The van der Waals surface area contributed by atoms with Crippen molar-refractivity contribution in [2.45, 2.75) is 13.5 Å². The second-order valence-corrected chi connectivity index (χ2v) is 7.28. The Hall–Kier alpha value is -2.65. The Morgan fingerprint density at radius 1 is 1.24 bits per heavy atom. The number of amides is 1. The van der Waals surface area contributed by atoms with E-state index in [1.54, 1.807) is 26.2 Å². The average molecular weight is 484 g/mol. The Balaban J connectivity index is 1.79. The Morgan fingerprint density at radius 3 is 2.59 bits per heavy atom. The molecule has 1 aromatic heterocycles. The molecule has 3 rings (SSSR count). The molecule has 0 radical (unpaired) electrons. The van der Waals surface area contributed by atoms with E-state index < -0.39 is 11.7 Å². The minimum Gasteiger partial charge on any atom is -0.493 e. The van der Waals surface area contributed by atoms with Crippen LogP contribution in [0.15, 0.2) is 34.8 Å². The van der Waals surface area contributed by atoms with E-state index in [4.69, 9.17) is 21.1 Å². The summed E-state index contributed by atoms with van der Waals surface area (Å²) >= 11 is 9.28. The van der Waals surface area contributed by atoms with Gasteiger partial charge in [0.05, 0.1) is 30.6 Å². The highest BCUT2D eigenvalue weighted by molar-refractivity contribution is 9.10. The van der Waals surface area contributed by atoms with Gasteiger partial charge in [0.15, 0.2) is 17.2 Å². The van der Waals surface area contributed by atoms with Gasteiger partial charge in [0.1, 0.15) is 5.82 Å². The molecule has 3 aromatic rings. The van der Waals surface area contributed by atoms with Gasteiger partial charge in [0, 0.05) is 11.0 Å². The van der Waals surface area contributed by atoms with E-state index in [9.17, 15) is 9.18 Å². The van der Waals surface area contributed by atoms with Crippen molar-refractivity contribution in [2.75, 3.05) is 14.2 Å². The van der Waals surface area contributed by atoms with E-state index >= 15 is 0 Å². The molecule has 0 saturated carbocycles. The predicted octanol–water partition coefficient (Wildman–Crippen LogP) is 4.08. The highest BCUT2D eigenvalue weighted by atomic mass is 79.9. The molecule has 0 fully saturated rings. The van der Waals surface area contributed by atoms with Crippen LogP contribution in [0.4, 0.5) is 4.39 Å². The summed E-state index contributed by atoms with van der Waals surface area (Å²) in [5, 5.41) is 10.7. The maximum absolute atomic E-state index is 13.4. The fourth-order valence-corrected chi connectivity index (χ4v) is 3.33. The van der Waals surface area contributed by atoms with Crippen LogP contribution in [-0.2, 0) is 6.54 Å². The van der Waals surface area contributed by atoms with Gasteiger partial charge < -0.3 is 14.8 Å². The normalized spacial score (nSPS) is 10.7. The number of halogens is 3. The van der Waals surface area contributed by atoms with Gasteiger partial charge in [-0.05, 0) is 42.8 Å². The zero-order valence-electron chi connectivity index (χ0n) is 15.8. The molecule has 7 nitrogen and oxygen atoms in total. The third-order valence-electron chi connectivity index (χ3n) is 4.25. The van der Waals surface area contributed by atoms with Crippen LogP contribution in [0.1, 0.15) is 21.7 Å². The monoisotopic (exact) mass is 482 g/mol. The van der Waals surface area contributed by atoms with Crippen LogP contribution in [0.3, 0.4) is 0 Å². The summed E-state index contributed by atoms with van der Waals surface area (Å²) in [7, 11) is 3.09.